The molecule has 2 rings (SSSR count). The van der Waals surface area contributed by atoms with Gasteiger partial charge in [0.1, 0.15) is 6.61 Å². The van der Waals surface area contributed by atoms with Crippen molar-refractivity contribution in [2.45, 2.75) is 12.6 Å². The van der Waals surface area contributed by atoms with Crippen LogP contribution in [0.15, 0.2) is 30.3 Å². The standard InChI is InChI=1S/C14H16N2O6/c17-12(18)10-6-16(14(20)21)7-11(10)15-13(19)22-8-9-4-2-1-3-5-9/h1-5,10-11H,6-8H2,(H,15,19)(H,17,18)(H,20,21)/t10-,11-/m1/s1. The summed E-state index contributed by atoms with van der Waals surface area (Å²) in [6.45, 7) is -0.180. The predicted octanol–water partition coefficient (Wildman–Crippen LogP) is 0.976. The molecule has 1 aromatic carbocycles. The van der Waals surface area contributed by atoms with Crippen LogP contribution >= 0.6 is 0 Å². The molecule has 1 saturated heterocycles. The fraction of sp³-hybridized carbons (Fsp3) is 0.357. The van der Waals surface area contributed by atoms with Crippen molar-refractivity contribution in [1.82, 2.24) is 10.2 Å². The Kier molecular flexibility index (Phi) is 4.82. The quantitative estimate of drug-likeness (QED) is 0.763. The third-order valence-corrected chi connectivity index (χ3v) is 3.42. The number of carboxylic acid groups (broad SMARTS) is 2. The Labute approximate surface area is 126 Å². The fourth-order valence-corrected chi connectivity index (χ4v) is 2.27. The number of carboxylic acids is 1. The number of likely N-dealkylation sites (tertiary alicyclic amines) is 1. The highest BCUT2D eigenvalue weighted by Gasteiger charge is 2.40. The normalized spacial score (nSPS) is 20.5. The summed E-state index contributed by atoms with van der Waals surface area (Å²) in [6.07, 6.45) is -1.99. The Morgan fingerprint density at radius 2 is 1.86 bits per heavy atom. The van der Waals surface area contributed by atoms with Crippen LogP contribution in [0.4, 0.5) is 9.59 Å². The van der Waals surface area contributed by atoms with Gasteiger partial charge in [-0.1, -0.05) is 30.3 Å². The summed E-state index contributed by atoms with van der Waals surface area (Å²) in [5.74, 6) is -2.14. The molecule has 1 heterocycles. The molecular formula is C14H16N2O6. The van der Waals surface area contributed by atoms with Crippen molar-refractivity contribution in [3.8, 4) is 0 Å². The van der Waals surface area contributed by atoms with Crippen molar-refractivity contribution >= 4 is 18.2 Å². The minimum atomic E-state index is -1.21. The summed E-state index contributed by atoms with van der Waals surface area (Å²) >= 11 is 0. The summed E-state index contributed by atoms with van der Waals surface area (Å²) in [7, 11) is 0. The molecule has 3 N–H and O–H groups in total. The Balaban J connectivity index is 1.89. The van der Waals surface area contributed by atoms with Gasteiger partial charge in [0.25, 0.3) is 0 Å². The van der Waals surface area contributed by atoms with E-state index in [0.717, 1.165) is 10.5 Å². The molecular weight excluding hydrogens is 292 g/mol. The number of carbonyl (C=O) groups is 3. The van der Waals surface area contributed by atoms with E-state index in [1.165, 1.54) is 0 Å². The molecule has 1 aromatic rings. The van der Waals surface area contributed by atoms with Gasteiger partial charge in [-0.2, -0.15) is 0 Å². The van der Waals surface area contributed by atoms with E-state index in [2.05, 4.69) is 5.32 Å². The lowest BCUT2D eigenvalue weighted by molar-refractivity contribution is -0.141. The first kappa shape index (κ1) is 15.6. The van der Waals surface area contributed by atoms with Crippen molar-refractivity contribution in [2.24, 2.45) is 5.92 Å². The van der Waals surface area contributed by atoms with Crippen molar-refractivity contribution < 1.29 is 29.3 Å². The van der Waals surface area contributed by atoms with Gasteiger partial charge in [-0.15, -0.1) is 0 Å². The smallest absolute Gasteiger partial charge is 0.407 e. The van der Waals surface area contributed by atoms with Gasteiger partial charge in [0.05, 0.1) is 12.0 Å². The predicted molar refractivity (Wildman–Crippen MR) is 74.3 cm³/mol. The highest BCUT2D eigenvalue weighted by Crippen LogP contribution is 2.17. The third kappa shape index (κ3) is 3.87. The molecule has 8 nitrogen and oxygen atoms in total. The first-order chi connectivity index (χ1) is 10.5. The van der Waals surface area contributed by atoms with Crippen LogP contribution < -0.4 is 5.32 Å². The van der Waals surface area contributed by atoms with Gasteiger partial charge in [0.15, 0.2) is 0 Å². The first-order valence-corrected chi connectivity index (χ1v) is 6.65. The first-order valence-electron chi connectivity index (χ1n) is 6.65. The van der Waals surface area contributed by atoms with Crippen LogP contribution in [-0.2, 0) is 16.1 Å². The number of aliphatic carboxylic acids is 1. The summed E-state index contributed by atoms with van der Waals surface area (Å²) in [4.78, 5) is 34.7. The zero-order valence-corrected chi connectivity index (χ0v) is 11.6. The Bertz CT molecular complexity index is 562. The molecule has 1 aliphatic heterocycles. The van der Waals surface area contributed by atoms with Crippen LogP contribution in [0.25, 0.3) is 0 Å². The molecule has 0 bridgehead atoms. The highest BCUT2D eigenvalue weighted by atomic mass is 16.5. The number of nitrogens with one attached hydrogen (secondary N) is 1. The largest absolute Gasteiger partial charge is 0.481 e. The fourth-order valence-electron chi connectivity index (χ4n) is 2.27. The number of hydrogen-bond donors (Lipinski definition) is 3. The number of ether oxygens (including phenoxy) is 1. The maximum Gasteiger partial charge on any atom is 0.407 e. The number of benzene rings is 1. The van der Waals surface area contributed by atoms with Crippen LogP contribution in [-0.4, -0.2) is 52.4 Å². The van der Waals surface area contributed by atoms with Gasteiger partial charge in [-0.3, -0.25) is 4.79 Å². The van der Waals surface area contributed by atoms with E-state index < -0.39 is 30.1 Å². The van der Waals surface area contributed by atoms with Gasteiger partial charge in [-0.25, -0.2) is 9.59 Å². The number of alkyl carbamates (subject to hydrolysis) is 1. The second kappa shape index (κ2) is 6.79. The number of nitrogens with zero attached hydrogens (tertiary/aromatic N) is 1. The van der Waals surface area contributed by atoms with Crippen LogP contribution in [0.3, 0.4) is 0 Å². The van der Waals surface area contributed by atoms with E-state index >= 15 is 0 Å². The molecule has 0 aromatic heterocycles. The second-order valence-electron chi connectivity index (χ2n) is 4.94. The third-order valence-electron chi connectivity index (χ3n) is 3.42. The van der Waals surface area contributed by atoms with E-state index in [4.69, 9.17) is 14.9 Å². The average molecular weight is 308 g/mol. The van der Waals surface area contributed by atoms with Crippen LogP contribution in [0.1, 0.15) is 5.56 Å². The minimum Gasteiger partial charge on any atom is -0.481 e. The molecule has 2 amide bonds. The van der Waals surface area contributed by atoms with Crippen LogP contribution in [0, 0.1) is 5.92 Å². The lowest BCUT2D eigenvalue weighted by Gasteiger charge is -2.16. The van der Waals surface area contributed by atoms with E-state index in [0.29, 0.717) is 0 Å². The maximum absolute atomic E-state index is 11.7. The van der Waals surface area contributed by atoms with E-state index in [-0.39, 0.29) is 19.7 Å². The van der Waals surface area contributed by atoms with Gasteiger partial charge < -0.3 is 25.2 Å². The van der Waals surface area contributed by atoms with Crippen LogP contribution in [0.5, 0.6) is 0 Å². The zero-order valence-electron chi connectivity index (χ0n) is 11.6. The lowest BCUT2D eigenvalue weighted by Crippen LogP contribution is -2.43. The SMILES string of the molecule is O=C(N[C@@H]1CN(C(=O)O)C[C@H]1C(=O)O)OCc1ccccc1. The lowest BCUT2D eigenvalue weighted by atomic mass is 10.0. The van der Waals surface area contributed by atoms with Gasteiger partial charge in [-0.05, 0) is 5.56 Å². The molecule has 22 heavy (non-hydrogen) atoms. The van der Waals surface area contributed by atoms with Gasteiger partial charge in [0.2, 0.25) is 0 Å². The topological polar surface area (TPSA) is 116 Å². The number of carbonyl (C=O) groups excluding carboxylic acids is 1. The number of amides is 2. The van der Waals surface area contributed by atoms with Crippen molar-refractivity contribution in [3.63, 3.8) is 0 Å². The molecule has 118 valence electrons. The average Bonchev–Trinajstić information content (AvgIpc) is 2.90. The summed E-state index contributed by atoms with van der Waals surface area (Å²) < 4.78 is 5.00. The maximum atomic E-state index is 11.7. The van der Waals surface area contributed by atoms with Crippen molar-refractivity contribution in [1.29, 1.82) is 0 Å². The molecule has 0 saturated carbocycles. The molecule has 1 fully saturated rings. The summed E-state index contributed by atoms with van der Waals surface area (Å²) in [5, 5.41) is 20.4. The van der Waals surface area contributed by atoms with Crippen molar-refractivity contribution in [2.75, 3.05) is 13.1 Å². The highest BCUT2D eigenvalue weighted by molar-refractivity contribution is 5.76. The van der Waals surface area contributed by atoms with Crippen LogP contribution in [0.2, 0.25) is 0 Å². The molecule has 0 unspecified atom stereocenters. The number of rotatable bonds is 4. The Morgan fingerprint density at radius 3 is 2.45 bits per heavy atom. The van der Waals surface area contributed by atoms with Crippen molar-refractivity contribution in [3.05, 3.63) is 35.9 Å². The molecule has 0 radical (unpaired) electrons. The number of hydrogen-bond acceptors (Lipinski definition) is 4. The molecule has 0 spiro atoms. The molecule has 2 atom stereocenters. The molecule has 0 aliphatic carbocycles. The Morgan fingerprint density at radius 1 is 1.18 bits per heavy atom. The molecule has 1 aliphatic rings. The van der Waals surface area contributed by atoms with Gasteiger partial charge in [0, 0.05) is 13.1 Å². The van der Waals surface area contributed by atoms with E-state index in [1.807, 2.05) is 6.07 Å². The minimum absolute atomic E-state index is 0.0553. The second-order valence-corrected chi connectivity index (χ2v) is 4.94. The van der Waals surface area contributed by atoms with E-state index in [9.17, 15) is 14.4 Å². The Hall–Kier alpha value is -2.77. The van der Waals surface area contributed by atoms with E-state index in [1.54, 1.807) is 24.3 Å². The monoisotopic (exact) mass is 308 g/mol. The summed E-state index contributed by atoms with van der Waals surface area (Å²) in [5.41, 5.74) is 0.797. The van der Waals surface area contributed by atoms with Gasteiger partial charge >= 0.3 is 18.2 Å². The zero-order chi connectivity index (χ0) is 16.1. The molecule has 8 heteroatoms. The summed E-state index contributed by atoms with van der Waals surface area (Å²) in [6, 6.07) is 8.21.